The van der Waals surface area contributed by atoms with Crippen LogP contribution < -0.4 is 5.32 Å². The van der Waals surface area contributed by atoms with Crippen LogP contribution >= 0.6 is 0 Å². The molecule has 0 saturated heterocycles. The molecule has 0 spiro atoms. The van der Waals surface area contributed by atoms with Crippen LogP contribution in [-0.2, 0) is 30.3 Å². The van der Waals surface area contributed by atoms with Crippen molar-refractivity contribution in [1.82, 2.24) is 5.32 Å². The molecule has 6 nitrogen and oxygen atoms in total. The summed E-state index contributed by atoms with van der Waals surface area (Å²) >= 11 is 0. The highest BCUT2D eigenvalue weighted by Gasteiger charge is 2.39. The molecule has 174 valence electrons. The third kappa shape index (κ3) is 7.08. The minimum Gasteiger partial charge on any atom is -0.457 e. The van der Waals surface area contributed by atoms with Crippen LogP contribution in [0.2, 0.25) is 0 Å². The second-order valence-corrected chi connectivity index (χ2v) is 10.2. The van der Waals surface area contributed by atoms with Crippen LogP contribution in [0.5, 0.6) is 0 Å². The van der Waals surface area contributed by atoms with Crippen LogP contribution in [0.4, 0.5) is 0 Å². The summed E-state index contributed by atoms with van der Waals surface area (Å²) in [5, 5.41) is 2.89. The summed E-state index contributed by atoms with van der Waals surface area (Å²) in [6.45, 7) is 13.9. The van der Waals surface area contributed by atoms with Gasteiger partial charge in [0.05, 0.1) is 17.2 Å². The van der Waals surface area contributed by atoms with Gasteiger partial charge in [0.25, 0.3) is 0 Å². The summed E-state index contributed by atoms with van der Waals surface area (Å²) < 4.78 is 11.4. The molecule has 0 radical (unpaired) electrons. The summed E-state index contributed by atoms with van der Waals surface area (Å²) in [5.41, 5.74) is 0.558. The topological polar surface area (TPSA) is 81.7 Å². The number of amides is 1. The Morgan fingerprint density at radius 2 is 1.44 bits per heavy atom. The molecule has 0 bridgehead atoms. The number of rotatable bonds is 5. The first-order valence-electron chi connectivity index (χ1n) is 10.9. The van der Waals surface area contributed by atoms with Gasteiger partial charge in [-0.1, -0.05) is 43.3 Å². The Kier molecular flexibility index (Phi) is 7.70. The van der Waals surface area contributed by atoms with Crippen molar-refractivity contribution in [3.05, 3.63) is 58.7 Å². The van der Waals surface area contributed by atoms with E-state index in [2.05, 4.69) is 5.32 Å². The van der Waals surface area contributed by atoms with Crippen molar-refractivity contribution >= 4 is 17.8 Å². The molecule has 2 rings (SSSR count). The maximum absolute atomic E-state index is 13.4. The molecule has 0 saturated carbocycles. The van der Waals surface area contributed by atoms with E-state index in [4.69, 9.17) is 9.47 Å². The van der Waals surface area contributed by atoms with Crippen molar-refractivity contribution in [2.75, 3.05) is 0 Å². The number of hydrogen-bond acceptors (Lipinski definition) is 5. The lowest BCUT2D eigenvalue weighted by Crippen LogP contribution is -2.43. The summed E-state index contributed by atoms with van der Waals surface area (Å²) in [7, 11) is 0. The molecule has 2 atom stereocenters. The van der Waals surface area contributed by atoms with Crippen LogP contribution in [0.3, 0.4) is 0 Å². The Hall–Kier alpha value is -2.89. The molecular formula is C26H35NO5. The summed E-state index contributed by atoms with van der Waals surface area (Å²) in [6.07, 6.45) is 2.26. The van der Waals surface area contributed by atoms with Gasteiger partial charge >= 0.3 is 11.9 Å². The standard InChI is InChI=1S/C26H35NO5/c1-16-20(27-17(2)28)15-19(14-18-12-10-9-11-13-18)22(24(30)32-26(6,7)8)21(16)23(29)31-25(3,4)5/h9-13,15-16,20H,14H2,1-8H3,(H,27,28)/t16-,20-/m0/s1. The van der Waals surface area contributed by atoms with Gasteiger partial charge in [0, 0.05) is 12.8 Å². The van der Waals surface area contributed by atoms with E-state index in [1.165, 1.54) is 6.92 Å². The van der Waals surface area contributed by atoms with Crippen molar-refractivity contribution in [2.24, 2.45) is 5.92 Å². The van der Waals surface area contributed by atoms with Gasteiger partial charge in [-0.05, 0) is 59.1 Å². The molecule has 1 N–H and O–H groups in total. The van der Waals surface area contributed by atoms with E-state index in [0.717, 1.165) is 5.56 Å². The van der Waals surface area contributed by atoms with Crippen molar-refractivity contribution in [3.63, 3.8) is 0 Å². The zero-order valence-corrected chi connectivity index (χ0v) is 20.4. The highest BCUT2D eigenvalue weighted by molar-refractivity contribution is 6.05. The summed E-state index contributed by atoms with van der Waals surface area (Å²) in [5.74, 6) is -1.86. The van der Waals surface area contributed by atoms with E-state index in [9.17, 15) is 14.4 Å². The van der Waals surface area contributed by atoms with Gasteiger partial charge < -0.3 is 14.8 Å². The highest BCUT2D eigenvalue weighted by atomic mass is 16.6. The molecular weight excluding hydrogens is 406 g/mol. The fraction of sp³-hybridized carbons (Fsp3) is 0.500. The normalized spacial score (nSPS) is 19.2. The molecule has 1 amide bonds. The van der Waals surface area contributed by atoms with Crippen molar-refractivity contribution in [3.8, 4) is 0 Å². The van der Waals surface area contributed by atoms with Gasteiger partial charge in [-0.25, -0.2) is 9.59 Å². The number of hydrogen-bond donors (Lipinski definition) is 1. The summed E-state index contributed by atoms with van der Waals surface area (Å²) in [4.78, 5) is 38.5. The quantitative estimate of drug-likeness (QED) is 0.690. The molecule has 1 aliphatic carbocycles. The molecule has 0 fully saturated rings. The van der Waals surface area contributed by atoms with E-state index in [1.54, 1.807) is 48.5 Å². The lowest BCUT2D eigenvalue weighted by Gasteiger charge is -2.33. The Labute approximate surface area is 191 Å². The number of carbonyl (C=O) groups is 3. The molecule has 0 aromatic heterocycles. The number of carbonyl (C=O) groups excluding carboxylic acids is 3. The fourth-order valence-corrected chi connectivity index (χ4v) is 3.58. The molecule has 1 aromatic carbocycles. The predicted octanol–water partition coefficient (Wildman–Crippen LogP) is 4.29. The van der Waals surface area contributed by atoms with Crippen LogP contribution in [-0.4, -0.2) is 35.1 Å². The average molecular weight is 442 g/mol. The minimum atomic E-state index is -0.743. The molecule has 32 heavy (non-hydrogen) atoms. The first kappa shape index (κ1) is 25.4. The number of benzene rings is 1. The lowest BCUT2D eigenvalue weighted by molar-refractivity contribution is -0.154. The Balaban J connectivity index is 2.67. The first-order valence-corrected chi connectivity index (χ1v) is 10.9. The third-order valence-electron chi connectivity index (χ3n) is 4.79. The van der Waals surface area contributed by atoms with Gasteiger partial charge in [-0.2, -0.15) is 0 Å². The summed E-state index contributed by atoms with van der Waals surface area (Å²) in [6, 6.07) is 9.19. The molecule has 6 heteroatoms. The van der Waals surface area contributed by atoms with Crippen LogP contribution in [0.15, 0.2) is 53.1 Å². The maximum Gasteiger partial charge on any atom is 0.339 e. The van der Waals surface area contributed by atoms with E-state index in [0.29, 0.717) is 12.0 Å². The van der Waals surface area contributed by atoms with Crippen LogP contribution in [0.1, 0.15) is 61.0 Å². The Bertz CT molecular complexity index is 929. The minimum absolute atomic E-state index is 0.215. The lowest BCUT2D eigenvalue weighted by atomic mass is 9.78. The van der Waals surface area contributed by atoms with Gasteiger partial charge in [-0.3, -0.25) is 4.79 Å². The van der Waals surface area contributed by atoms with E-state index in [-0.39, 0.29) is 17.1 Å². The van der Waals surface area contributed by atoms with E-state index in [1.807, 2.05) is 36.4 Å². The highest BCUT2D eigenvalue weighted by Crippen LogP contribution is 2.35. The number of esters is 2. The molecule has 0 heterocycles. The number of nitrogens with one attached hydrogen (secondary N) is 1. The Morgan fingerprint density at radius 3 is 1.94 bits per heavy atom. The van der Waals surface area contributed by atoms with Crippen LogP contribution in [0.25, 0.3) is 0 Å². The van der Waals surface area contributed by atoms with Crippen molar-refractivity contribution in [2.45, 2.75) is 79.1 Å². The molecule has 0 unspecified atom stereocenters. The molecule has 1 aromatic rings. The molecule has 0 aliphatic heterocycles. The largest absolute Gasteiger partial charge is 0.457 e. The number of ether oxygens (including phenoxy) is 2. The van der Waals surface area contributed by atoms with Gasteiger partial charge in [0.1, 0.15) is 11.2 Å². The maximum atomic E-state index is 13.4. The van der Waals surface area contributed by atoms with Gasteiger partial charge in [0.15, 0.2) is 0 Å². The second-order valence-electron chi connectivity index (χ2n) is 10.2. The fourth-order valence-electron chi connectivity index (χ4n) is 3.58. The van der Waals surface area contributed by atoms with Crippen molar-refractivity contribution in [1.29, 1.82) is 0 Å². The van der Waals surface area contributed by atoms with E-state index < -0.39 is 35.1 Å². The Morgan fingerprint density at radius 1 is 0.906 bits per heavy atom. The average Bonchev–Trinajstić information content (AvgIpc) is 2.61. The zero-order chi connectivity index (χ0) is 24.3. The van der Waals surface area contributed by atoms with E-state index >= 15 is 0 Å². The first-order chi connectivity index (χ1) is 14.7. The molecule has 1 aliphatic rings. The predicted molar refractivity (Wildman–Crippen MR) is 124 cm³/mol. The monoisotopic (exact) mass is 441 g/mol. The third-order valence-corrected chi connectivity index (χ3v) is 4.79. The van der Waals surface area contributed by atoms with Gasteiger partial charge in [-0.15, -0.1) is 0 Å². The zero-order valence-electron chi connectivity index (χ0n) is 20.4. The van der Waals surface area contributed by atoms with Crippen LogP contribution in [0, 0.1) is 5.92 Å². The van der Waals surface area contributed by atoms with Crippen molar-refractivity contribution < 1.29 is 23.9 Å². The second kappa shape index (κ2) is 9.72. The van der Waals surface area contributed by atoms with Gasteiger partial charge in [0.2, 0.25) is 5.91 Å². The smallest absolute Gasteiger partial charge is 0.339 e. The SMILES string of the molecule is CC(=O)N[C@H]1C=C(Cc2ccccc2)C(C(=O)OC(C)(C)C)=C(C(=O)OC(C)(C)C)[C@H]1C.